The number of para-hydroxylation sites is 1. The molecule has 30 heavy (non-hydrogen) atoms. The van der Waals surface area contributed by atoms with Crippen LogP contribution in [0.1, 0.15) is 5.56 Å². The summed E-state index contributed by atoms with van der Waals surface area (Å²) < 4.78 is 16.3. The predicted molar refractivity (Wildman–Crippen MR) is 104 cm³/mol. The van der Waals surface area contributed by atoms with Gasteiger partial charge in [-0.05, 0) is 23.3 Å². The van der Waals surface area contributed by atoms with Crippen molar-refractivity contribution in [3.8, 4) is 16.9 Å². The highest BCUT2D eigenvalue weighted by Crippen LogP contribution is 2.33. The summed E-state index contributed by atoms with van der Waals surface area (Å²) in [6.45, 7) is -0.832. The van der Waals surface area contributed by atoms with Gasteiger partial charge in [0.1, 0.15) is 36.8 Å². The maximum atomic E-state index is 10.6. The van der Waals surface area contributed by atoms with E-state index in [1.807, 2.05) is 12.1 Å². The van der Waals surface area contributed by atoms with Gasteiger partial charge in [-0.25, -0.2) is 4.79 Å². The molecule has 0 bridgehead atoms. The van der Waals surface area contributed by atoms with Crippen molar-refractivity contribution in [2.75, 3.05) is 13.2 Å². The molecule has 2 aromatic carbocycles. The second kappa shape index (κ2) is 9.98. The van der Waals surface area contributed by atoms with E-state index in [9.17, 15) is 25.2 Å². The summed E-state index contributed by atoms with van der Waals surface area (Å²) in [5.41, 5.74) is 2.18. The predicted octanol–water partition coefficient (Wildman–Crippen LogP) is 0.133. The number of carboxylic acids is 1. The highest BCUT2D eigenvalue weighted by molar-refractivity contribution is 5.71. The van der Waals surface area contributed by atoms with Crippen LogP contribution >= 0.6 is 0 Å². The van der Waals surface area contributed by atoms with E-state index in [1.54, 1.807) is 36.4 Å². The number of rotatable bonds is 8. The average molecular weight is 420 g/mol. The normalized spacial score (nSPS) is 26.3. The number of ether oxygens (including phenoxy) is 3. The molecule has 5 N–H and O–H groups in total. The van der Waals surface area contributed by atoms with Crippen LogP contribution in [0.2, 0.25) is 0 Å². The Balaban J connectivity index is 1.80. The van der Waals surface area contributed by atoms with Crippen molar-refractivity contribution in [1.82, 2.24) is 0 Å². The minimum atomic E-state index is -1.54. The van der Waals surface area contributed by atoms with E-state index in [1.165, 1.54) is 0 Å². The molecule has 0 amide bonds. The Hall–Kier alpha value is -2.53. The van der Waals surface area contributed by atoms with Crippen molar-refractivity contribution in [3.05, 3.63) is 54.1 Å². The Kier molecular flexibility index (Phi) is 7.38. The molecular weight excluding hydrogens is 396 g/mol. The fourth-order valence-electron chi connectivity index (χ4n) is 3.18. The monoisotopic (exact) mass is 420 g/mol. The first-order valence-corrected chi connectivity index (χ1v) is 9.35. The fraction of sp³-hybridized carbons (Fsp3) is 0.381. The van der Waals surface area contributed by atoms with E-state index in [4.69, 9.17) is 19.3 Å². The Labute approximate surface area is 172 Å². The molecule has 0 radical (unpaired) electrons. The number of carboxylic acid groups (broad SMARTS) is 1. The first-order valence-electron chi connectivity index (χ1n) is 9.35. The summed E-state index contributed by atoms with van der Waals surface area (Å²) in [6.07, 6.45) is -6.91. The molecule has 0 aromatic heterocycles. The van der Waals surface area contributed by atoms with Gasteiger partial charge in [0.25, 0.3) is 0 Å². The third-order valence-electron chi connectivity index (χ3n) is 4.71. The van der Waals surface area contributed by atoms with Gasteiger partial charge in [-0.15, -0.1) is 0 Å². The van der Waals surface area contributed by atoms with Crippen LogP contribution in [0.15, 0.2) is 48.5 Å². The van der Waals surface area contributed by atoms with Gasteiger partial charge in [0.2, 0.25) is 6.29 Å². The van der Waals surface area contributed by atoms with Crippen LogP contribution in [0.25, 0.3) is 11.1 Å². The second-order valence-electron chi connectivity index (χ2n) is 6.90. The molecule has 9 nitrogen and oxygen atoms in total. The topological polar surface area (TPSA) is 146 Å². The van der Waals surface area contributed by atoms with Crippen LogP contribution in [-0.2, 0) is 20.9 Å². The highest BCUT2D eigenvalue weighted by Gasteiger charge is 2.44. The van der Waals surface area contributed by atoms with Crippen LogP contribution in [0, 0.1) is 0 Å². The molecule has 1 aliphatic heterocycles. The standard InChI is InChI=1S/C21H24O9/c22-9-16-18(25)19(26)20(27)21(30-16)29-15-7-2-1-6-14(15)13-5-3-4-12(8-13)10-28-11-17(23)24/h1-8,16,18-22,25-27H,9-11H2,(H,23,24). The van der Waals surface area contributed by atoms with Crippen molar-refractivity contribution < 1.29 is 44.5 Å². The summed E-state index contributed by atoms with van der Waals surface area (Å²) in [5.74, 6) is -0.699. The SMILES string of the molecule is O=C(O)COCc1cccc(-c2ccccc2OC2OC(CO)C(O)C(O)C2O)c1. The van der Waals surface area contributed by atoms with E-state index in [0.29, 0.717) is 11.3 Å². The second-order valence-corrected chi connectivity index (χ2v) is 6.90. The zero-order valence-corrected chi connectivity index (χ0v) is 16.0. The molecule has 3 rings (SSSR count). The maximum Gasteiger partial charge on any atom is 0.329 e. The molecule has 0 saturated carbocycles. The van der Waals surface area contributed by atoms with Gasteiger partial charge >= 0.3 is 5.97 Å². The van der Waals surface area contributed by atoms with E-state index < -0.39 is 49.9 Å². The number of benzene rings is 2. The number of aliphatic hydroxyl groups excluding tert-OH is 4. The number of hydrogen-bond donors (Lipinski definition) is 5. The molecule has 0 aliphatic carbocycles. The zero-order chi connectivity index (χ0) is 21.7. The van der Waals surface area contributed by atoms with Gasteiger partial charge in [0.05, 0.1) is 13.2 Å². The molecule has 1 aliphatic rings. The third kappa shape index (κ3) is 5.14. The van der Waals surface area contributed by atoms with Crippen molar-refractivity contribution in [2.24, 2.45) is 0 Å². The van der Waals surface area contributed by atoms with E-state index in [0.717, 1.165) is 11.1 Å². The summed E-state index contributed by atoms with van der Waals surface area (Å²) in [6, 6.07) is 14.2. The zero-order valence-electron chi connectivity index (χ0n) is 16.0. The fourth-order valence-corrected chi connectivity index (χ4v) is 3.18. The molecule has 1 saturated heterocycles. The van der Waals surface area contributed by atoms with Gasteiger partial charge in [-0.2, -0.15) is 0 Å². The minimum Gasteiger partial charge on any atom is -0.480 e. The van der Waals surface area contributed by atoms with Crippen LogP contribution < -0.4 is 4.74 Å². The highest BCUT2D eigenvalue weighted by atomic mass is 16.7. The molecule has 162 valence electrons. The van der Waals surface area contributed by atoms with Crippen molar-refractivity contribution in [2.45, 2.75) is 37.3 Å². The quantitative estimate of drug-likeness (QED) is 0.402. The number of hydrogen-bond acceptors (Lipinski definition) is 8. The third-order valence-corrected chi connectivity index (χ3v) is 4.71. The summed E-state index contributed by atoms with van der Waals surface area (Å²) in [7, 11) is 0. The smallest absolute Gasteiger partial charge is 0.329 e. The molecule has 5 atom stereocenters. The molecule has 5 unspecified atom stereocenters. The van der Waals surface area contributed by atoms with Gasteiger partial charge in [-0.3, -0.25) is 0 Å². The molecule has 0 spiro atoms. The average Bonchev–Trinajstić information content (AvgIpc) is 2.74. The first-order chi connectivity index (χ1) is 14.4. The van der Waals surface area contributed by atoms with Crippen molar-refractivity contribution >= 4 is 5.97 Å². The van der Waals surface area contributed by atoms with Crippen LogP contribution in [-0.4, -0.2) is 75.4 Å². The lowest BCUT2D eigenvalue weighted by Gasteiger charge is -2.39. The summed E-state index contributed by atoms with van der Waals surface area (Å²) in [5, 5.41) is 48.1. The van der Waals surface area contributed by atoms with Gasteiger partial charge in [-0.1, -0.05) is 36.4 Å². The van der Waals surface area contributed by atoms with Gasteiger partial charge < -0.3 is 39.7 Å². The molecular formula is C21H24O9. The molecule has 1 fully saturated rings. The van der Waals surface area contributed by atoms with E-state index in [2.05, 4.69) is 0 Å². The summed E-state index contributed by atoms with van der Waals surface area (Å²) >= 11 is 0. The van der Waals surface area contributed by atoms with Crippen LogP contribution in [0.5, 0.6) is 5.75 Å². The minimum absolute atomic E-state index is 0.121. The number of carbonyl (C=O) groups is 1. The van der Waals surface area contributed by atoms with Gasteiger partial charge in [0.15, 0.2) is 0 Å². The number of aliphatic carboxylic acids is 1. The molecule has 1 heterocycles. The van der Waals surface area contributed by atoms with Crippen LogP contribution in [0.3, 0.4) is 0 Å². The first kappa shape index (κ1) is 22.2. The molecule has 9 heteroatoms. The summed E-state index contributed by atoms with van der Waals surface area (Å²) in [4.78, 5) is 10.6. The van der Waals surface area contributed by atoms with E-state index >= 15 is 0 Å². The Bertz CT molecular complexity index is 854. The lowest BCUT2D eigenvalue weighted by atomic mass is 9.99. The lowest BCUT2D eigenvalue weighted by Crippen LogP contribution is -2.60. The number of aliphatic hydroxyl groups is 4. The Morgan fingerprint density at radius 1 is 1.00 bits per heavy atom. The van der Waals surface area contributed by atoms with Gasteiger partial charge in [0, 0.05) is 5.56 Å². The van der Waals surface area contributed by atoms with Crippen molar-refractivity contribution in [3.63, 3.8) is 0 Å². The lowest BCUT2D eigenvalue weighted by molar-refractivity contribution is -0.277. The Morgan fingerprint density at radius 2 is 1.77 bits per heavy atom. The largest absolute Gasteiger partial charge is 0.480 e. The van der Waals surface area contributed by atoms with Crippen molar-refractivity contribution in [1.29, 1.82) is 0 Å². The van der Waals surface area contributed by atoms with E-state index in [-0.39, 0.29) is 6.61 Å². The Morgan fingerprint density at radius 3 is 2.50 bits per heavy atom. The molecule has 2 aromatic rings. The maximum absolute atomic E-state index is 10.6. The van der Waals surface area contributed by atoms with Crippen LogP contribution in [0.4, 0.5) is 0 Å².